The third-order valence-corrected chi connectivity index (χ3v) is 3.95. The molecular formula is C19H18N4O. The summed E-state index contributed by atoms with van der Waals surface area (Å²) in [6, 6.07) is 15.6. The molecule has 24 heavy (non-hydrogen) atoms. The number of nitrogens with one attached hydrogen (secondary N) is 1. The summed E-state index contributed by atoms with van der Waals surface area (Å²) in [7, 11) is 0. The van der Waals surface area contributed by atoms with Crippen molar-refractivity contribution in [1.29, 1.82) is 5.26 Å². The molecule has 2 aromatic heterocycles. The number of aromatic nitrogens is 2. The van der Waals surface area contributed by atoms with E-state index in [0.29, 0.717) is 18.5 Å². The molecule has 3 aromatic rings. The average molecular weight is 318 g/mol. The Hall–Kier alpha value is -2.97. The van der Waals surface area contributed by atoms with Crippen molar-refractivity contribution in [3.05, 3.63) is 66.1 Å². The maximum atomic E-state index is 9.66. The first kappa shape index (κ1) is 15.9. The van der Waals surface area contributed by atoms with Gasteiger partial charge in [0, 0.05) is 42.5 Å². The molecule has 0 saturated carbocycles. The highest BCUT2D eigenvalue weighted by molar-refractivity contribution is 5.93. The van der Waals surface area contributed by atoms with Gasteiger partial charge in [-0.05, 0) is 24.6 Å². The highest BCUT2D eigenvalue weighted by atomic mass is 16.3. The van der Waals surface area contributed by atoms with Crippen LogP contribution in [0.3, 0.4) is 0 Å². The van der Waals surface area contributed by atoms with Gasteiger partial charge in [0.05, 0.1) is 16.8 Å². The van der Waals surface area contributed by atoms with Crippen molar-refractivity contribution in [1.82, 2.24) is 9.97 Å². The van der Waals surface area contributed by atoms with Crippen LogP contribution in [0.4, 0.5) is 5.69 Å². The number of nitrogens with zero attached hydrogens (tertiary/aromatic N) is 3. The van der Waals surface area contributed by atoms with E-state index >= 15 is 0 Å². The fourth-order valence-corrected chi connectivity index (χ4v) is 2.68. The van der Waals surface area contributed by atoms with Crippen molar-refractivity contribution in [3.8, 4) is 6.07 Å². The second kappa shape index (κ2) is 7.53. The number of para-hydroxylation sites is 1. The summed E-state index contributed by atoms with van der Waals surface area (Å²) >= 11 is 0. The minimum atomic E-state index is 0.0124. The quantitative estimate of drug-likeness (QED) is 0.730. The van der Waals surface area contributed by atoms with Crippen LogP contribution in [0.15, 0.2) is 54.9 Å². The molecule has 0 fully saturated rings. The van der Waals surface area contributed by atoms with E-state index in [9.17, 15) is 10.4 Å². The number of pyridine rings is 2. The molecule has 0 amide bonds. The zero-order valence-electron chi connectivity index (χ0n) is 13.2. The normalized spacial score (nSPS) is 11.8. The molecule has 0 radical (unpaired) electrons. The Kier molecular flexibility index (Phi) is 4.99. The summed E-state index contributed by atoms with van der Waals surface area (Å²) < 4.78 is 0. The molecule has 0 aliphatic heterocycles. The largest absolute Gasteiger partial charge is 0.396 e. The van der Waals surface area contributed by atoms with Crippen LogP contribution in [-0.2, 0) is 6.42 Å². The molecule has 0 saturated heterocycles. The number of aliphatic hydroxyl groups excluding tert-OH is 1. The lowest BCUT2D eigenvalue weighted by atomic mass is 10.0. The second-order valence-corrected chi connectivity index (χ2v) is 5.63. The zero-order valence-corrected chi connectivity index (χ0v) is 13.2. The molecule has 3 rings (SSSR count). The van der Waals surface area contributed by atoms with Crippen LogP contribution in [-0.4, -0.2) is 28.2 Å². The molecule has 0 bridgehead atoms. The van der Waals surface area contributed by atoms with Crippen molar-refractivity contribution in [2.75, 3.05) is 18.5 Å². The Balaban J connectivity index is 1.80. The maximum Gasteiger partial charge on any atom is 0.103 e. The summed E-state index contributed by atoms with van der Waals surface area (Å²) in [6.45, 7) is 0.601. The van der Waals surface area contributed by atoms with Crippen molar-refractivity contribution in [2.45, 2.75) is 6.42 Å². The van der Waals surface area contributed by atoms with Gasteiger partial charge in [-0.2, -0.15) is 5.26 Å². The first-order valence-corrected chi connectivity index (χ1v) is 7.84. The molecule has 1 atom stereocenters. The van der Waals surface area contributed by atoms with E-state index in [2.05, 4.69) is 21.4 Å². The van der Waals surface area contributed by atoms with Gasteiger partial charge in [0.25, 0.3) is 0 Å². The van der Waals surface area contributed by atoms with Gasteiger partial charge in [-0.1, -0.05) is 24.3 Å². The van der Waals surface area contributed by atoms with E-state index in [4.69, 9.17) is 0 Å². The topological polar surface area (TPSA) is 81.8 Å². The summed E-state index contributed by atoms with van der Waals surface area (Å²) in [5, 5.41) is 23.2. The lowest BCUT2D eigenvalue weighted by molar-refractivity contribution is 0.232. The summed E-state index contributed by atoms with van der Waals surface area (Å²) in [5.74, 6) is 0.0124. The van der Waals surface area contributed by atoms with Gasteiger partial charge >= 0.3 is 0 Å². The van der Waals surface area contributed by atoms with Gasteiger partial charge in [0.15, 0.2) is 0 Å². The number of anilines is 1. The number of benzene rings is 1. The molecule has 2 heterocycles. The molecule has 0 aliphatic carbocycles. The molecule has 2 N–H and O–H groups in total. The van der Waals surface area contributed by atoms with Crippen LogP contribution in [0.1, 0.15) is 11.3 Å². The first-order valence-electron chi connectivity index (χ1n) is 7.84. The molecule has 5 nitrogen and oxygen atoms in total. The van der Waals surface area contributed by atoms with Crippen LogP contribution < -0.4 is 5.32 Å². The van der Waals surface area contributed by atoms with Crippen LogP contribution in [0.2, 0.25) is 0 Å². The van der Waals surface area contributed by atoms with Crippen LogP contribution in [0, 0.1) is 17.2 Å². The predicted molar refractivity (Wildman–Crippen MR) is 93.5 cm³/mol. The maximum absolute atomic E-state index is 9.66. The fourth-order valence-electron chi connectivity index (χ4n) is 2.68. The SMILES string of the molecule is N#Cc1cnc2ccccc2c1NCC(CO)Cc1ccccn1. The molecule has 120 valence electrons. The third kappa shape index (κ3) is 3.50. The number of aliphatic hydroxyl groups is 1. The van der Waals surface area contributed by atoms with Crippen molar-refractivity contribution >= 4 is 16.6 Å². The van der Waals surface area contributed by atoms with Crippen molar-refractivity contribution < 1.29 is 5.11 Å². The summed E-state index contributed by atoms with van der Waals surface area (Å²) in [4.78, 5) is 8.61. The molecule has 5 heteroatoms. The van der Waals surface area contributed by atoms with E-state index in [1.54, 1.807) is 12.4 Å². The van der Waals surface area contributed by atoms with Crippen LogP contribution >= 0.6 is 0 Å². The van der Waals surface area contributed by atoms with Gasteiger partial charge in [0.1, 0.15) is 6.07 Å². The molecular weight excluding hydrogens is 300 g/mol. The molecule has 0 spiro atoms. The number of nitriles is 1. The third-order valence-electron chi connectivity index (χ3n) is 3.95. The average Bonchev–Trinajstić information content (AvgIpc) is 2.65. The molecule has 1 aromatic carbocycles. The van der Waals surface area contributed by atoms with Crippen LogP contribution in [0.25, 0.3) is 10.9 Å². The van der Waals surface area contributed by atoms with Gasteiger partial charge in [-0.25, -0.2) is 0 Å². The predicted octanol–water partition coefficient (Wildman–Crippen LogP) is 2.76. The Labute approximate surface area is 140 Å². The van der Waals surface area contributed by atoms with E-state index in [1.807, 2.05) is 42.5 Å². The number of hydrogen-bond acceptors (Lipinski definition) is 5. The molecule has 0 aliphatic rings. The standard InChI is InChI=1S/C19H18N4O/c20-10-15-12-22-18-7-2-1-6-17(18)19(15)23-11-14(13-24)9-16-5-3-4-8-21-16/h1-8,12,14,24H,9,11,13H2,(H,22,23). The van der Waals surface area contributed by atoms with E-state index in [0.717, 1.165) is 22.3 Å². The van der Waals surface area contributed by atoms with E-state index in [-0.39, 0.29) is 12.5 Å². The second-order valence-electron chi connectivity index (χ2n) is 5.63. The Morgan fingerprint density at radius 1 is 1.12 bits per heavy atom. The Morgan fingerprint density at radius 3 is 2.71 bits per heavy atom. The monoisotopic (exact) mass is 318 g/mol. The van der Waals surface area contributed by atoms with Crippen molar-refractivity contribution in [2.24, 2.45) is 5.92 Å². The summed E-state index contributed by atoms with van der Waals surface area (Å²) in [6.07, 6.45) is 4.01. The van der Waals surface area contributed by atoms with Crippen molar-refractivity contribution in [3.63, 3.8) is 0 Å². The Morgan fingerprint density at radius 2 is 1.96 bits per heavy atom. The van der Waals surface area contributed by atoms with Gasteiger partial charge in [-0.15, -0.1) is 0 Å². The lowest BCUT2D eigenvalue weighted by Crippen LogP contribution is -2.21. The first-order chi connectivity index (χ1) is 11.8. The summed E-state index contributed by atoms with van der Waals surface area (Å²) in [5.41, 5.74) is 3.05. The van der Waals surface area contributed by atoms with Gasteiger partial charge in [-0.3, -0.25) is 9.97 Å². The highest BCUT2D eigenvalue weighted by Gasteiger charge is 2.13. The van der Waals surface area contributed by atoms with Gasteiger partial charge in [0.2, 0.25) is 0 Å². The minimum absolute atomic E-state index is 0.0124. The van der Waals surface area contributed by atoms with Crippen LogP contribution in [0.5, 0.6) is 0 Å². The zero-order chi connectivity index (χ0) is 16.8. The minimum Gasteiger partial charge on any atom is -0.396 e. The lowest BCUT2D eigenvalue weighted by Gasteiger charge is -2.17. The van der Waals surface area contributed by atoms with E-state index < -0.39 is 0 Å². The van der Waals surface area contributed by atoms with Gasteiger partial charge < -0.3 is 10.4 Å². The smallest absolute Gasteiger partial charge is 0.103 e. The van der Waals surface area contributed by atoms with E-state index in [1.165, 1.54) is 0 Å². The number of rotatable bonds is 6. The molecule has 1 unspecified atom stereocenters. The number of fused-ring (bicyclic) bond motifs is 1. The number of hydrogen-bond donors (Lipinski definition) is 2. The fraction of sp³-hybridized carbons (Fsp3) is 0.211. The highest BCUT2D eigenvalue weighted by Crippen LogP contribution is 2.25. The Bertz CT molecular complexity index is 858.